The normalized spacial score (nSPS) is 20.2. The molecule has 3 heterocycles. The molecule has 1 atom stereocenters. The zero-order chi connectivity index (χ0) is 24.4. The predicted octanol–water partition coefficient (Wildman–Crippen LogP) is 6.14. The van der Waals surface area contributed by atoms with Crippen LogP contribution < -0.4 is 0 Å². The molecule has 1 saturated heterocycles. The van der Waals surface area contributed by atoms with Gasteiger partial charge in [0.05, 0.1) is 18.8 Å². The number of carbonyl (C=O) groups excluding carboxylic acids is 1. The van der Waals surface area contributed by atoms with Gasteiger partial charge in [-0.15, -0.1) is 11.3 Å². The molecule has 4 rings (SSSR count). The van der Waals surface area contributed by atoms with Gasteiger partial charge in [-0.2, -0.15) is 0 Å². The van der Waals surface area contributed by atoms with Gasteiger partial charge in [-0.3, -0.25) is 4.79 Å². The third kappa shape index (κ3) is 5.36. The largest absolute Gasteiger partial charge is 0.466 e. The maximum atomic E-state index is 13.4. The number of ether oxygens (including phenoxy) is 1. The average Bonchev–Trinajstić information content (AvgIpc) is 3.47. The molecule has 0 spiro atoms. The molecule has 34 heavy (non-hydrogen) atoms. The molecule has 182 valence electrons. The monoisotopic (exact) mass is 517 g/mol. The topological polar surface area (TPSA) is 86.5 Å². The lowest BCUT2D eigenvalue weighted by Gasteiger charge is -2.35. The molecule has 0 amide bonds. The summed E-state index contributed by atoms with van der Waals surface area (Å²) >= 11 is 1.45. The quantitative estimate of drug-likeness (QED) is 0.264. The number of esters is 1. The molecular weight excluding hydrogens is 486 g/mol. The van der Waals surface area contributed by atoms with E-state index >= 15 is 0 Å². The summed E-state index contributed by atoms with van der Waals surface area (Å²) in [5.41, 5.74) is 2.70. The number of carbonyl (C=O) groups is 1. The van der Waals surface area contributed by atoms with Crippen molar-refractivity contribution in [3.05, 3.63) is 53.9 Å². The van der Waals surface area contributed by atoms with Gasteiger partial charge in [0.2, 0.25) is 0 Å². The van der Waals surface area contributed by atoms with E-state index in [0.29, 0.717) is 19.4 Å². The van der Waals surface area contributed by atoms with Crippen LogP contribution in [0.5, 0.6) is 0 Å². The van der Waals surface area contributed by atoms with Crippen LogP contribution in [0.1, 0.15) is 30.6 Å². The van der Waals surface area contributed by atoms with Crippen LogP contribution >= 0.6 is 11.3 Å². The third-order valence-corrected chi connectivity index (χ3v) is 12.1. The second-order valence-electron chi connectivity index (χ2n) is 10.1. The number of hydrogen-bond acceptors (Lipinski definition) is 7. The molecule has 0 radical (unpaired) electrons. The predicted molar refractivity (Wildman–Crippen MR) is 138 cm³/mol. The van der Waals surface area contributed by atoms with Crippen LogP contribution in [-0.4, -0.2) is 39.8 Å². The Kier molecular flexibility index (Phi) is 7.16. The molecule has 0 unspecified atom stereocenters. The van der Waals surface area contributed by atoms with Crippen molar-refractivity contribution >= 4 is 35.2 Å². The number of hydrogen-bond donors (Lipinski definition) is 0. The minimum absolute atomic E-state index is 0.106. The van der Waals surface area contributed by atoms with Crippen molar-refractivity contribution in [1.82, 2.24) is 4.98 Å². The van der Waals surface area contributed by atoms with E-state index in [-0.39, 0.29) is 12.2 Å². The lowest BCUT2D eigenvalue weighted by atomic mass is 9.95. The number of aromatic nitrogens is 1. The Morgan fingerprint density at radius 3 is 2.50 bits per heavy atom. The first-order chi connectivity index (χ1) is 16.1. The fraction of sp³-hybridized carbons (Fsp3) is 0.440. The zero-order valence-electron chi connectivity index (χ0n) is 19.9. The minimum atomic E-state index is -3.49. The van der Waals surface area contributed by atoms with Gasteiger partial charge < -0.3 is 9.15 Å². The lowest BCUT2D eigenvalue weighted by molar-refractivity contribution is -0.144. The highest BCUT2D eigenvalue weighted by Crippen LogP contribution is 2.47. The minimum Gasteiger partial charge on any atom is -0.466 e. The average molecular weight is 518 g/mol. The zero-order valence-corrected chi connectivity index (χ0v) is 22.5. The molecule has 1 aliphatic rings. The Morgan fingerprint density at radius 2 is 1.85 bits per heavy atom. The number of oxazole rings is 1. The maximum Gasteiger partial charge on any atom is 0.307 e. The number of sulfone groups is 1. The molecule has 9 heteroatoms. The second-order valence-corrected chi connectivity index (χ2v) is 19.2. The summed E-state index contributed by atoms with van der Waals surface area (Å²) in [4.78, 5) is 18.7. The Morgan fingerprint density at radius 1 is 1.12 bits per heavy atom. The third-order valence-electron chi connectivity index (χ3n) is 6.34. The highest BCUT2D eigenvalue weighted by molar-refractivity contribution is 7.92. The first-order valence-electron chi connectivity index (χ1n) is 11.6. The van der Waals surface area contributed by atoms with Crippen molar-refractivity contribution in [3.8, 4) is 21.7 Å². The molecular formula is C25H31NO5S2Si. The second kappa shape index (κ2) is 9.79. The maximum absolute atomic E-state index is 13.4. The van der Waals surface area contributed by atoms with Gasteiger partial charge in [0.1, 0.15) is 16.7 Å². The number of nitrogens with zero attached hydrogens (tertiary/aromatic N) is 1. The molecule has 0 N–H and O–H groups in total. The van der Waals surface area contributed by atoms with E-state index in [1.165, 1.54) is 17.7 Å². The summed E-state index contributed by atoms with van der Waals surface area (Å²) in [6.07, 6.45) is 4.74. The Hall–Kier alpha value is -2.23. The van der Waals surface area contributed by atoms with Crippen LogP contribution in [-0.2, 0) is 24.1 Å². The summed E-state index contributed by atoms with van der Waals surface area (Å²) in [7, 11) is -4.84. The SMILES string of the molecule is C[Si](C)(C)CCOC(=O)C[C@]1(c2ccc(-c3ccc(-c4cocn4)cc3)s2)CCCCS1(=O)=O. The van der Waals surface area contributed by atoms with Gasteiger partial charge >= 0.3 is 5.97 Å². The molecule has 3 aromatic rings. The number of thiophene rings is 1. The van der Waals surface area contributed by atoms with E-state index in [0.717, 1.165) is 39.0 Å². The summed E-state index contributed by atoms with van der Waals surface area (Å²) in [5.74, 6) is -0.315. The van der Waals surface area contributed by atoms with Crippen molar-refractivity contribution in [2.75, 3.05) is 12.4 Å². The smallest absolute Gasteiger partial charge is 0.307 e. The van der Waals surface area contributed by atoms with Gasteiger partial charge in [0.25, 0.3) is 0 Å². The highest BCUT2D eigenvalue weighted by Gasteiger charge is 2.49. The molecule has 0 bridgehead atoms. The molecule has 0 aliphatic carbocycles. The van der Waals surface area contributed by atoms with Crippen LogP contribution in [0, 0.1) is 0 Å². The lowest BCUT2D eigenvalue weighted by Crippen LogP contribution is -2.42. The summed E-state index contributed by atoms with van der Waals surface area (Å²) in [5, 5.41) is 0. The fourth-order valence-electron chi connectivity index (χ4n) is 4.27. The van der Waals surface area contributed by atoms with Crippen LogP contribution in [0.3, 0.4) is 0 Å². The van der Waals surface area contributed by atoms with Crippen LogP contribution in [0.4, 0.5) is 0 Å². The molecule has 2 aromatic heterocycles. The molecule has 6 nitrogen and oxygen atoms in total. The van der Waals surface area contributed by atoms with Crippen LogP contribution in [0.15, 0.2) is 53.5 Å². The Labute approximate surface area is 206 Å². The fourth-order valence-corrected chi connectivity index (χ4v) is 8.76. The standard InChI is InChI=1S/C25H31NO5S2Si/c1-34(2,3)15-13-31-24(27)16-25(12-4-5-14-33(25,28)29)23-11-10-22(32-23)20-8-6-19(7-9-20)21-17-30-18-26-21/h6-11,17-18H,4-5,12-16H2,1-3H3/t25-/m0/s1. The van der Waals surface area contributed by atoms with Gasteiger partial charge in [-0.1, -0.05) is 50.3 Å². The van der Waals surface area contributed by atoms with E-state index in [9.17, 15) is 13.2 Å². The van der Waals surface area contributed by atoms with E-state index < -0.39 is 28.6 Å². The van der Waals surface area contributed by atoms with E-state index in [4.69, 9.17) is 9.15 Å². The summed E-state index contributed by atoms with van der Waals surface area (Å²) < 4.78 is 36.1. The van der Waals surface area contributed by atoms with Gasteiger partial charge in [-0.05, 0) is 36.6 Å². The first-order valence-corrected chi connectivity index (χ1v) is 17.7. The Bertz CT molecular complexity index is 1230. The molecule has 1 aliphatic heterocycles. The van der Waals surface area contributed by atoms with Crippen molar-refractivity contribution < 1.29 is 22.4 Å². The molecule has 0 saturated carbocycles. The van der Waals surface area contributed by atoms with Gasteiger partial charge in [0, 0.05) is 23.4 Å². The van der Waals surface area contributed by atoms with Gasteiger partial charge in [0.15, 0.2) is 16.2 Å². The number of rotatable bonds is 8. The highest BCUT2D eigenvalue weighted by atomic mass is 32.2. The van der Waals surface area contributed by atoms with Crippen molar-refractivity contribution in [3.63, 3.8) is 0 Å². The van der Waals surface area contributed by atoms with E-state index in [2.05, 4.69) is 24.6 Å². The summed E-state index contributed by atoms with van der Waals surface area (Å²) in [6.45, 7) is 7.02. The molecule has 1 fully saturated rings. The Balaban J connectivity index is 1.59. The van der Waals surface area contributed by atoms with Crippen LogP contribution in [0.2, 0.25) is 25.7 Å². The van der Waals surface area contributed by atoms with Crippen LogP contribution in [0.25, 0.3) is 21.7 Å². The molecule has 1 aromatic carbocycles. The summed E-state index contributed by atoms with van der Waals surface area (Å²) in [6, 6.07) is 12.6. The van der Waals surface area contributed by atoms with E-state index in [1.807, 2.05) is 36.4 Å². The van der Waals surface area contributed by atoms with Crippen molar-refractivity contribution in [2.24, 2.45) is 0 Å². The van der Waals surface area contributed by atoms with E-state index in [1.54, 1.807) is 6.26 Å². The number of benzene rings is 1. The van der Waals surface area contributed by atoms with Crippen molar-refractivity contribution in [1.29, 1.82) is 0 Å². The first kappa shape index (κ1) is 24.9. The van der Waals surface area contributed by atoms with Gasteiger partial charge in [-0.25, -0.2) is 13.4 Å². The van der Waals surface area contributed by atoms with Crippen molar-refractivity contribution in [2.45, 2.75) is 56.1 Å².